The molecule has 0 unspecified atom stereocenters. The molecule has 0 radical (unpaired) electrons. The first-order chi connectivity index (χ1) is 11.4. The van der Waals surface area contributed by atoms with Crippen LogP contribution in [-0.4, -0.2) is 18.5 Å². The average molecular weight is 327 g/mol. The SMILES string of the molecule is Cc1ccc(C)c(OCCC(=O)Nc2ccc(NC(N)=O)cc2)c1. The average Bonchev–Trinajstić information content (AvgIpc) is 2.52. The summed E-state index contributed by atoms with van der Waals surface area (Å²) in [6.07, 6.45) is 0.245. The number of carbonyl (C=O) groups excluding carboxylic acids is 2. The van der Waals surface area contributed by atoms with Crippen LogP contribution in [0.3, 0.4) is 0 Å². The van der Waals surface area contributed by atoms with Crippen molar-refractivity contribution in [1.82, 2.24) is 0 Å². The van der Waals surface area contributed by atoms with Gasteiger partial charge in [-0.1, -0.05) is 12.1 Å². The van der Waals surface area contributed by atoms with Gasteiger partial charge in [-0.3, -0.25) is 4.79 Å². The number of ether oxygens (including phenoxy) is 1. The van der Waals surface area contributed by atoms with Crippen LogP contribution in [0.5, 0.6) is 5.75 Å². The maximum atomic E-state index is 11.9. The highest BCUT2D eigenvalue weighted by atomic mass is 16.5. The largest absolute Gasteiger partial charge is 0.493 e. The van der Waals surface area contributed by atoms with E-state index in [0.717, 1.165) is 16.9 Å². The van der Waals surface area contributed by atoms with Crippen molar-refractivity contribution in [1.29, 1.82) is 0 Å². The molecule has 0 saturated heterocycles. The van der Waals surface area contributed by atoms with E-state index < -0.39 is 6.03 Å². The lowest BCUT2D eigenvalue weighted by molar-refractivity contribution is -0.116. The van der Waals surface area contributed by atoms with Crippen LogP contribution in [0.1, 0.15) is 17.5 Å². The van der Waals surface area contributed by atoms with Crippen LogP contribution in [0, 0.1) is 13.8 Å². The molecule has 24 heavy (non-hydrogen) atoms. The molecule has 0 fully saturated rings. The lowest BCUT2D eigenvalue weighted by Gasteiger charge is -2.10. The first-order valence-electron chi connectivity index (χ1n) is 7.60. The van der Waals surface area contributed by atoms with Crippen LogP contribution >= 0.6 is 0 Å². The second-order valence-corrected chi connectivity index (χ2v) is 5.48. The summed E-state index contributed by atoms with van der Waals surface area (Å²) < 4.78 is 5.67. The lowest BCUT2D eigenvalue weighted by Crippen LogP contribution is -2.19. The summed E-state index contributed by atoms with van der Waals surface area (Å²) >= 11 is 0. The second-order valence-electron chi connectivity index (χ2n) is 5.48. The zero-order valence-corrected chi connectivity index (χ0v) is 13.8. The summed E-state index contributed by atoms with van der Waals surface area (Å²) in [5.74, 6) is 0.653. The number of amides is 3. The van der Waals surface area contributed by atoms with Crippen LogP contribution in [0.25, 0.3) is 0 Å². The van der Waals surface area contributed by atoms with Gasteiger partial charge in [0.2, 0.25) is 5.91 Å². The van der Waals surface area contributed by atoms with E-state index in [4.69, 9.17) is 10.5 Å². The highest BCUT2D eigenvalue weighted by Gasteiger charge is 2.05. The number of rotatable bonds is 6. The number of urea groups is 1. The van der Waals surface area contributed by atoms with E-state index in [1.165, 1.54) is 0 Å². The fourth-order valence-electron chi connectivity index (χ4n) is 2.12. The molecule has 2 aromatic carbocycles. The summed E-state index contributed by atoms with van der Waals surface area (Å²) in [6, 6.07) is 12.0. The van der Waals surface area contributed by atoms with E-state index in [1.54, 1.807) is 24.3 Å². The number of hydrogen-bond acceptors (Lipinski definition) is 3. The Labute approximate surface area is 141 Å². The molecule has 0 aromatic heterocycles. The van der Waals surface area contributed by atoms with Crippen molar-refractivity contribution < 1.29 is 14.3 Å². The van der Waals surface area contributed by atoms with Crippen molar-refractivity contribution in [2.75, 3.05) is 17.2 Å². The number of benzene rings is 2. The summed E-state index contributed by atoms with van der Waals surface area (Å²) in [4.78, 5) is 22.7. The van der Waals surface area contributed by atoms with Gasteiger partial charge in [0.25, 0.3) is 0 Å². The van der Waals surface area contributed by atoms with Crippen molar-refractivity contribution in [3.05, 3.63) is 53.6 Å². The topological polar surface area (TPSA) is 93.4 Å². The molecule has 3 amide bonds. The molecular formula is C18H21N3O3. The number of carbonyl (C=O) groups is 2. The van der Waals surface area contributed by atoms with Crippen LogP contribution in [0.4, 0.5) is 16.2 Å². The number of nitrogens with two attached hydrogens (primary N) is 1. The third-order valence-corrected chi connectivity index (χ3v) is 3.37. The molecular weight excluding hydrogens is 306 g/mol. The molecule has 126 valence electrons. The van der Waals surface area contributed by atoms with Gasteiger partial charge in [0.05, 0.1) is 13.0 Å². The molecule has 6 nitrogen and oxygen atoms in total. The molecule has 2 aromatic rings. The molecule has 0 aliphatic carbocycles. The van der Waals surface area contributed by atoms with Crippen LogP contribution in [0.2, 0.25) is 0 Å². The Morgan fingerprint density at radius 1 is 1.00 bits per heavy atom. The Bertz CT molecular complexity index is 727. The number of anilines is 2. The minimum atomic E-state index is -0.629. The molecule has 0 heterocycles. The lowest BCUT2D eigenvalue weighted by atomic mass is 10.1. The maximum Gasteiger partial charge on any atom is 0.316 e. The van der Waals surface area contributed by atoms with E-state index in [0.29, 0.717) is 18.0 Å². The Morgan fingerprint density at radius 3 is 2.25 bits per heavy atom. The molecule has 0 aliphatic heterocycles. The number of primary amides is 1. The standard InChI is InChI=1S/C18H21N3O3/c1-12-3-4-13(2)16(11-12)24-10-9-17(22)20-14-5-7-15(8-6-14)21-18(19)23/h3-8,11H,9-10H2,1-2H3,(H,20,22)(H3,19,21,23). The first kappa shape index (κ1) is 17.3. The number of nitrogens with one attached hydrogen (secondary N) is 2. The third kappa shape index (κ3) is 5.31. The van der Waals surface area contributed by atoms with E-state index in [9.17, 15) is 9.59 Å². The van der Waals surface area contributed by atoms with Gasteiger partial charge in [0, 0.05) is 11.4 Å². The Hall–Kier alpha value is -3.02. The van der Waals surface area contributed by atoms with Gasteiger partial charge in [-0.2, -0.15) is 0 Å². The fraction of sp³-hybridized carbons (Fsp3) is 0.222. The quantitative estimate of drug-likeness (QED) is 0.760. The normalized spacial score (nSPS) is 10.1. The van der Waals surface area contributed by atoms with E-state index in [2.05, 4.69) is 10.6 Å². The summed E-state index contributed by atoms with van der Waals surface area (Å²) in [5, 5.41) is 5.23. The Kier molecular flexibility index (Phi) is 5.78. The molecule has 0 aliphatic rings. The molecule has 0 atom stereocenters. The van der Waals surface area contributed by atoms with Crippen molar-refractivity contribution in [3.63, 3.8) is 0 Å². The predicted molar refractivity (Wildman–Crippen MR) is 94.3 cm³/mol. The first-order valence-corrected chi connectivity index (χ1v) is 7.60. The summed E-state index contributed by atoms with van der Waals surface area (Å²) in [6.45, 7) is 4.27. The number of aryl methyl sites for hydroxylation is 2. The molecule has 0 spiro atoms. The molecule has 4 N–H and O–H groups in total. The minimum Gasteiger partial charge on any atom is -0.493 e. The molecule has 6 heteroatoms. The Balaban J connectivity index is 1.80. The Morgan fingerprint density at radius 2 is 1.62 bits per heavy atom. The maximum absolute atomic E-state index is 11.9. The molecule has 2 rings (SSSR count). The molecule has 0 bridgehead atoms. The number of hydrogen-bond donors (Lipinski definition) is 3. The molecule has 0 saturated carbocycles. The van der Waals surface area contributed by atoms with Crippen LogP contribution in [-0.2, 0) is 4.79 Å². The second kappa shape index (κ2) is 8.01. The fourth-order valence-corrected chi connectivity index (χ4v) is 2.12. The zero-order chi connectivity index (χ0) is 17.5. The third-order valence-electron chi connectivity index (χ3n) is 3.37. The highest BCUT2D eigenvalue weighted by molar-refractivity contribution is 5.92. The van der Waals surface area contributed by atoms with Crippen LogP contribution < -0.4 is 21.1 Å². The monoisotopic (exact) mass is 327 g/mol. The van der Waals surface area contributed by atoms with Crippen molar-refractivity contribution in [2.24, 2.45) is 5.73 Å². The van der Waals surface area contributed by atoms with Gasteiger partial charge < -0.3 is 21.1 Å². The van der Waals surface area contributed by atoms with Crippen molar-refractivity contribution in [3.8, 4) is 5.75 Å². The zero-order valence-electron chi connectivity index (χ0n) is 13.8. The summed E-state index contributed by atoms with van der Waals surface area (Å²) in [5.41, 5.74) is 8.40. The van der Waals surface area contributed by atoms with Crippen molar-refractivity contribution >= 4 is 23.3 Å². The van der Waals surface area contributed by atoms with E-state index in [-0.39, 0.29) is 12.3 Å². The van der Waals surface area contributed by atoms with Gasteiger partial charge in [0.1, 0.15) is 5.75 Å². The van der Waals surface area contributed by atoms with E-state index >= 15 is 0 Å². The van der Waals surface area contributed by atoms with Crippen LogP contribution in [0.15, 0.2) is 42.5 Å². The van der Waals surface area contributed by atoms with Gasteiger partial charge in [-0.05, 0) is 55.3 Å². The highest BCUT2D eigenvalue weighted by Crippen LogP contribution is 2.19. The van der Waals surface area contributed by atoms with Gasteiger partial charge in [0.15, 0.2) is 0 Å². The van der Waals surface area contributed by atoms with Gasteiger partial charge in [-0.15, -0.1) is 0 Å². The van der Waals surface area contributed by atoms with Crippen molar-refractivity contribution in [2.45, 2.75) is 20.3 Å². The van der Waals surface area contributed by atoms with Gasteiger partial charge in [-0.25, -0.2) is 4.79 Å². The minimum absolute atomic E-state index is 0.143. The predicted octanol–water partition coefficient (Wildman–Crippen LogP) is 3.20. The smallest absolute Gasteiger partial charge is 0.316 e. The van der Waals surface area contributed by atoms with Gasteiger partial charge >= 0.3 is 6.03 Å². The van der Waals surface area contributed by atoms with E-state index in [1.807, 2.05) is 32.0 Å². The summed E-state index contributed by atoms with van der Waals surface area (Å²) in [7, 11) is 0.